The van der Waals surface area contributed by atoms with Gasteiger partial charge in [-0.15, -0.1) is 0 Å². The molecule has 1 fully saturated rings. The topological polar surface area (TPSA) is 71.3 Å². The van der Waals surface area contributed by atoms with Crippen molar-refractivity contribution < 1.29 is 18.1 Å². The van der Waals surface area contributed by atoms with Crippen LogP contribution in [0.5, 0.6) is 0 Å². The van der Waals surface area contributed by atoms with Crippen molar-refractivity contribution >= 4 is 0 Å². The minimum Gasteiger partial charge on any atom is -0.365 e. The third-order valence-corrected chi connectivity index (χ3v) is 2.74. The summed E-state index contributed by atoms with van der Waals surface area (Å²) in [5.74, 6) is 0.342. The number of nitrogens with one attached hydrogen (secondary N) is 1. The molecular weight excluding hydrogens is 277 g/mol. The molecule has 20 heavy (non-hydrogen) atoms. The van der Waals surface area contributed by atoms with E-state index in [0.717, 1.165) is 18.5 Å². The van der Waals surface area contributed by atoms with E-state index in [2.05, 4.69) is 10.3 Å². The Morgan fingerprint density at radius 2 is 2.25 bits per heavy atom. The van der Waals surface area contributed by atoms with Crippen molar-refractivity contribution in [3.05, 3.63) is 51.7 Å². The largest absolute Gasteiger partial charge is 0.433 e. The Labute approximate surface area is 112 Å². The number of nitro groups is 1. The maximum Gasteiger partial charge on any atom is 0.433 e. The maximum atomic E-state index is 12.4. The lowest BCUT2D eigenvalue weighted by atomic mass is 10.2. The molecule has 2 heterocycles. The Morgan fingerprint density at radius 1 is 1.50 bits per heavy atom. The normalized spacial score (nSPS) is 17.4. The van der Waals surface area contributed by atoms with Crippen LogP contribution in [-0.2, 0) is 12.7 Å². The molecule has 0 aliphatic carbocycles. The van der Waals surface area contributed by atoms with Gasteiger partial charge in [-0.2, -0.15) is 13.2 Å². The van der Waals surface area contributed by atoms with E-state index in [1.807, 2.05) is 0 Å². The molecule has 0 spiro atoms. The molecule has 108 valence electrons. The zero-order valence-corrected chi connectivity index (χ0v) is 10.2. The van der Waals surface area contributed by atoms with Crippen molar-refractivity contribution in [1.82, 2.24) is 15.2 Å². The van der Waals surface area contributed by atoms with Gasteiger partial charge in [-0.1, -0.05) is 6.07 Å². The summed E-state index contributed by atoms with van der Waals surface area (Å²) in [6.45, 7) is 1.35. The van der Waals surface area contributed by atoms with E-state index in [1.54, 1.807) is 4.90 Å². The lowest BCUT2D eigenvalue weighted by Gasteiger charge is -2.17. The molecule has 1 aliphatic heterocycles. The fourth-order valence-electron chi connectivity index (χ4n) is 1.85. The average molecular weight is 288 g/mol. The van der Waals surface area contributed by atoms with Crippen LogP contribution in [0.15, 0.2) is 30.4 Å². The maximum absolute atomic E-state index is 12.4. The number of pyridine rings is 1. The lowest BCUT2D eigenvalue weighted by molar-refractivity contribution is -0.404. The van der Waals surface area contributed by atoms with Crippen molar-refractivity contribution in [2.75, 3.05) is 13.1 Å². The van der Waals surface area contributed by atoms with Gasteiger partial charge in [0.2, 0.25) is 0 Å². The van der Waals surface area contributed by atoms with Crippen LogP contribution in [0.1, 0.15) is 11.3 Å². The first-order valence-electron chi connectivity index (χ1n) is 5.72. The molecule has 9 heteroatoms. The van der Waals surface area contributed by atoms with E-state index < -0.39 is 16.8 Å². The number of nitrogens with zero attached hydrogens (tertiary/aromatic N) is 3. The Hall–Kier alpha value is -2.32. The summed E-state index contributed by atoms with van der Waals surface area (Å²) < 4.78 is 37.1. The highest BCUT2D eigenvalue weighted by Crippen LogP contribution is 2.27. The molecule has 0 radical (unpaired) electrons. The molecule has 1 N–H and O–H groups in total. The molecule has 6 nitrogen and oxygen atoms in total. The molecule has 0 saturated carbocycles. The predicted octanol–water partition coefficient (Wildman–Crippen LogP) is 1.58. The van der Waals surface area contributed by atoms with Gasteiger partial charge in [0, 0.05) is 25.8 Å². The second-order valence-corrected chi connectivity index (χ2v) is 4.20. The van der Waals surface area contributed by atoms with E-state index >= 15 is 0 Å². The van der Waals surface area contributed by atoms with Crippen molar-refractivity contribution in [2.45, 2.75) is 12.7 Å². The first-order chi connectivity index (χ1) is 9.36. The molecule has 1 saturated heterocycles. The fraction of sp³-hybridized carbons (Fsp3) is 0.364. The molecule has 1 aliphatic rings. The molecule has 0 bridgehead atoms. The highest BCUT2D eigenvalue weighted by molar-refractivity contribution is 5.17. The van der Waals surface area contributed by atoms with Crippen LogP contribution in [-0.4, -0.2) is 27.9 Å². The van der Waals surface area contributed by atoms with E-state index in [-0.39, 0.29) is 6.54 Å². The smallest absolute Gasteiger partial charge is 0.365 e. The van der Waals surface area contributed by atoms with E-state index in [4.69, 9.17) is 0 Å². The first-order valence-corrected chi connectivity index (χ1v) is 5.72. The third-order valence-electron chi connectivity index (χ3n) is 2.74. The minimum atomic E-state index is -4.47. The molecule has 2 rings (SSSR count). The number of hydrogen-bond acceptors (Lipinski definition) is 5. The van der Waals surface area contributed by atoms with Crippen molar-refractivity contribution in [2.24, 2.45) is 0 Å². The Kier molecular flexibility index (Phi) is 3.77. The molecule has 1 aromatic heterocycles. The van der Waals surface area contributed by atoms with Crippen LogP contribution in [0.25, 0.3) is 0 Å². The van der Waals surface area contributed by atoms with Crippen LogP contribution >= 0.6 is 0 Å². The predicted molar refractivity (Wildman–Crippen MR) is 62.7 cm³/mol. The van der Waals surface area contributed by atoms with Crippen molar-refractivity contribution in [3.8, 4) is 0 Å². The van der Waals surface area contributed by atoms with Gasteiger partial charge in [0.05, 0.1) is 4.92 Å². The van der Waals surface area contributed by atoms with Crippen molar-refractivity contribution in [3.63, 3.8) is 0 Å². The van der Waals surface area contributed by atoms with Gasteiger partial charge in [0.25, 0.3) is 6.20 Å². The van der Waals surface area contributed by atoms with Crippen LogP contribution < -0.4 is 5.32 Å². The van der Waals surface area contributed by atoms with Crippen LogP contribution in [0.4, 0.5) is 13.2 Å². The van der Waals surface area contributed by atoms with Crippen molar-refractivity contribution in [1.29, 1.82) is 0 Å². The van der Waals surface area contributed by atoms with E-state index in [1.165, 1.54) is 6.07 Å². The summed E-state index contributed by atoms with van der Waals surface area (Å²) in [4.78, 5) is 14.9. The average Bonchev–Trinajstić information content (AvgIpc) is 2.75. The molecule has 0 atom stereocenters. The Morgan fingerprint density at radius 3 is 2.80 bits per heavy atom. The van der Waals surface area contributed by atoms with Crippen LogP contribution in [0, 0.1) is 10.1 Å². The minimum absolute atomic E-state index is 0.262. The van der Waals surface area contributed by atoms with E-state index in [0.29, 0.717) is 24.5 Å². The summed E-state index contributed by atoms with van der Waals surface area (Å²) >= 11 is 0. The van der Waals surface area contributed by atoms with Gasteiger partial charge in [-0.25, -0.2) is 0 Å². The lowest BCUT2D eigenvalue weighted by Crippen LogP contribution is -2.21. The summed E-state index contributed by atoms with van der Waals surface area (Å²) in [5.41, 5.74) is -0.405. The standard InChI is InChI=1S/C11H11F3N4O2/c12-11(13,14)9-2-1-8(5-16-9)6-17-4-3-15-10(17)7-18(19)20/h1-2,5,7,15H,3-4,6H2. The highest BCUT2D eigenvalue weighted by Gasteiger charge is 2.32. The second kappa shape index (κ2) is 5.35. The highest BCUT2D eigenvalue weighted by atomic mass is 19.4. The SMILES string of the molecule is O=[N+]([O-])C=C1NCCN1Cc1ccc(C(F)(F)F)nc1. The van der Waals surface area contributed by atoms with Gasteiger partial charge in [0.1, 0.15) is 5.69 Å². The molecule has 0 aromatic carbocycles. The molecule has 1 aromatic rings. The van der Waals surface area contributed by atoms with Gasteiger partial charge in [-0.05, 0) is 11.6 Å². The van der Waals surface area contributed by atoms with Gasteiger partial charge in [0.15, 0.2) is 5.82 Å². The van der Waals surface area contributed by atoms with Gasteiger partial charge in [-0.3, -0.25) is 15.1 Å². The van der Waals surface area contributed by atoms with Crippen LogP contribution in [0.2, 0.25) is 0 Å². The molecule has 0 amide bonds. The first kappa shape index (κ1) is 14.1. The third kappa shape index (κ3) is 3.37. The Bertz CT molecular complexity index is 527. The Balaban J connectivity index is 2.08. The zero-order valence-electron chi connectivity index (χ0n) is 10.2. The quantitative estimate of drug-likeness (QED) is 0.675. The monoisotopic (exact) mass is 288 g/mol. The number of alkyl halides is 3. The summed E-state index contributed by atoms with van der Waals surface area (Å²) in [7, 11) is 0. The number of aromatic nitrogens is 1. The van der Waals surface area contributed by atoms with E-state index in [9.17, 15) is 23.3 Å². The van der Waals surface area contributed by atoms with Gasteiger partial charge >= 0.3 is 6.18 Å². The zero-order chi connectivity index (χ0) is 14.8. The summed E-state index contributed by atoms with van der Waals surface area (Å²) in [6.07, 6.45) is -2.50. The molecular formula is C11H11F3N4O2. The number of halogens is 3. The number of hydrogen-bond donors (Lipinski definition) is 1. The number of rotatable bonds is 3. The summed E-state index contributed by atoms with van der Waals surface area (Å²) in [5, 5.41) is 13.3. The van der Waals surface area contributed by atoms with Crippen LogP contribution in [0.3, 0.4) is 0 Å². The second-order valence-electron chi connectivity index (χ2n) is 4.20. The molecule has 0 unspecified atom stereocenters. The summed E-state index contributed by atoms with van der Waals surface area (Å²) in [6, 6.07) is 2.22. The van der Waals surface area contributed by atoms with Gasteiger partial charge < -0.3 is 10.2 Å². The fourth-order valence-corrected chi connectivity index (χ4v) is 1.85.